The fourth-order valence-electron chi connectivity index (χ4n) is 2.08. The highest BCUT2D eigenvalue weighted by Gasteiger charge is 2.47. The van der Waals surface area contributed by atoms with Gasteiger partial charge >= 0.3 is 0 Å². The van der Waals surface area contributed by atoms with Gasteiger partial charge in [-0.1, -0.05) is 50.0 Å². The van der Waals surface area contributed by atoms with Crippen molar-refractivity contribution in [3.05, 3.63) is 35.9 Å². The van der Waals surface area contributed by atoms with E-state index in [0.717, 1.165) is 6.42 Å². The van der Waals surface area contributed by atoms with Crippen LogP contribution in [0.1, 0.15) is 12.0 Å². The summed E-state index contributed by atoms with van der Waals surface area (Å²) in [5, 5.41) is 0. The average molecular weight is 220 g/mol. The Morgan fingerprint density at radius 2 is 1.80 bits per heavy atom. The van der Waals surface area contributed by atoms with Crippen LogP contribution >= 0.6 is 0 Å². The van der Waals surface area contributed by atoms with Crippen molar-refractivity contribution < 1.29 is 4.74 Å². The van der Waals surface area contributed by atoms with Crippen molar-refractivity contribution in [1.29, 1.82) is 0 Å². The minimum atomic E-state index is -1.05. The Labute approximate surface area is 93.5 Å². The molecule has 2 rings (SSSR count). The van der Waals surface area contributed by atoms with Crippen molar-refractivity contribution in [2.45, 2.75) is 44.3 Å². The third kappa shape index (κ3) is 2.92. The summed E-state index contributed by atoms with van der Waals surface area (Å²) in [7, 11) is -1.05. The Morgan fingerprint density at radius 3 is 2.33 bits per heavy atom. The maximum absolute atomic E-state index is 5.76. The summed E-state index contributed by atoms with van der Waals surface area (Å²) in [4.78, 5) is 0. The minimum absolute atomic E-state index is 0.553. The van der Waals surface area contributed by atoms with Crippen LogP contribution in [0.2, 0.25) is 19.6 Å². The number of rotatable bonds is 4. The van der Waals surface area contributed by atoms with Gasteiger partial charge in [0.2, 0.25) is 0 Å². The first-order valence-corrected chi connectivity index (χ1v) is 9.34. The molecule has 0 radical (unpaired) electrons. The molecule has 1 fully saturated rings. The summed E-state index contributed by atoms with van der Waals surface area (Å²) >= 11 is 0. The summed E-state index contributed by atoms with van der Waals surface area (Å²) in [5.41, 5.74) is 2.04. The van der Waals surface area contributed by atoms with Gasteiger partial charge in [-0.05, 0) is 18.4 Å². The summed E-state index contributed by atoms with van der Waals surface area (Å²) in [6.45, 7) is 7.17. The van der Waals surface area contributed by atoms with Gasteiger partial charge in [-0.3, -0.25) is 0 Å². The lowest BCUT2D eigenvalue weighted by Gasteiger charge is -2.11. The molecule has 0 spiro atoms. The van der Waals surface area contributed by atoms with E-state index >= 15 is 0 Å². The van der Waals surface area contributed by atoms with Crippen molar-refractivity contribution in [1.82, 2.24) is 0 Å². The molecule has 2 atom stereocenters. The Morgan fingerprint density at radius 1 is 1.13 bits per heavy atom. The second-order valence-corrected chi connectivity index (χ2v) is 10.8. The van der Waals surface area contributed by atoms with Crippen molar-refractivity contribution >= 4 is 8.07 Å². The largest absolute Gasteiger partial charge is 0.373 e. The van der Waals surface area contributed by atoms with E-state index in [1.807, 2.05) is 0 Å². The minimum Gasteiger partial charge on any atom is -0.373 e. The first-order valence-electron chi connectivity index (χ1n) is 5.77. The second kappa shape index (κ2) is 4.10. The van der Waals surface area contributed by atoms with Gasteiger partial charge in [-0.2, -0.15) is 0 Å². The van der Waals surface area contributed by atoms with Gasteiger partial charge < -0.3 is 4.74 Å². The van der Waals surface area contributed by atoms with E-state index in [9.17, 15) is 0 Å². The predicted molar refractivity (Wildman–Crippen MR) is 66.8 cm³/mol. The zero-order valence-electron chi connectivity index (χ0n) is 9.86. The first kappa shape index (κ1) is 10.9. The van der Waals surface area contributed by atoms with Crippen LogP contribution in [0.15, 0.2) is 30.3 Å². The molecule has 0 N–H and O–H groups in total. The molecule has 1 aromatic rings. The van der Waals surface area contributed by atoms with E-state index in [1.54, 1.807) is 0 Å². The molecule has 0 aromatic heterocycles. The Kier molecular flexibility index (Phi) is 2.98. The molecule has 1 aromatic carbocycles. The van der Waals surface area contributed by atoms with Crippen molar-refractivity contribution in [2.75, 3.05) is 0 Å². The number of hydrogen-bond acceptors (Lipinski definition) is 1. The molecule has 1 heterocycles. The van der Waals surface area contributed by atoms with Gasteiger partial charge in [0.1, 0.15) is 0 Å². The lowest BCUT2D eigenvalue weighted by atomic mass is 10.1. The van der Waals surface area contributed by atoms with Gasteiger partial charge in [0.25, 0.3) is 0 Å². The molecule has 82 valence electrons. The normalized spacial score (nSPS) is 25.3. The van der Waals surface area contributed by atoms with Crippen molar-refractivity contribution in [2.24, 2.45) is 0 Å². The topological polar surface area (TPSA) is 12.5 Å². The number of ether oxygens (including phenoxy) is 1. The van der Waals surface area contributed by atoms with Crippen molar-refractivity contribution in [3.63, 3.8) is 0 Å². The standard InChI is InChI=1S/C13H20OSi/c1-15(2,3)13-12(14-13)10-9-11-7-5-4-6-8-11/h4-8,12-13H,9-10H2,1-3H3/t12-,13+/m0/s1. The average Bonchev–Trinajstić information content (AvgIpc) is 2.95. The van der Waals surface area contributed by atoms with Crippen LogP contribution in [0.25, 0.3) is 0 Å². The summed E-state index contributed by atoms with van der Waals surface area (Å²) in [5.74, 6) is 0. The molecule has 1 nitrogen and oxygen atoms in total. The lowest BCUT2D eigenvalue weighted by Crippen LogP contribution is -2.30. The summed E-state index contributed by atoms with van der Waals surface area (Å²) in [6, 6.07) is 10.7. The SMILES string of the molecule is C[Si](C)(C)[C@H]1O[C@H]1CCc1ccccc1. The van der Waals surface area contributed by atoms with Gasteiger partial charge in [0.05, 0.1) is 19.9 Å². The molecule has 0 amide bonds. The zero-order valence-corrected chi connectivity index (χ0v) is 10.9. The third-order valence-electron chi connectivity index (χ3n) is 3.00. The fourth-order valence-corrected chi connectivity index (χ4v) is 3.94. The summed E-state index contributed by atoms with van der Waals surface area (Å²) < 4.78 is 5.76. The Bertz CT molecular complexity index is 315. The van der Waals surface area contributed by atoms with Gasteiger partial charge in [-0.15, -0.1) is 0 Å². The second-order valence-electron chi connectivity index (χ2n) is 5.49. The molecule has 0 saturated carbocycles. The Balaban J connectivity index is 1.78. The molecule has 1 saturated heterocycles. The lowest BCUT2D eigenvalue weighted by molar-refractivity contribution is 0.384. The number of aryl methyl sites for hydroxylation is 1. The van der Waals surface area contributed by atoms with Crippen LogP contribution in [0.3, 0.4) is 0 Å². The van der Waals surface area contributed by atoms with E-state index < -0.39 is 8.07 Å². The molecule has 0 aliphatic carbocycles. The quantitative estimate of drug-likeness (QED) is 0.560. The molecular weight excluding hydrogens is 200 g/mol. The van der Waals surface area contributed by atoms with Crippen molar-refractivity contribution in [3.8, 4) is 0 Å². The molecule has 15 heavy (non-hydrogen) atoms. The number of epoxide rings is 1. The fraction of sp³-hybridized carbons (Fsp3) is 0.538. The van der Waals surface area contributed by atoms with Crippen LogP contribution in [0.4, 0.5) is 0 Å². The van der Waals surface area contributed by atoms with Gasteiger partial charge in [-0.25, -0.2) is 0 Å². The monoisotopic (exact) mass is 220 g/mol. The number of benzene rings is 1. The van der Waals surface area contributed by atoms with E-state index in [2.05, 4.69) is 50.0 Å². The van der Waals surface area contributed by atoms with E-state index in [1.165, 1.54) is 12.0 Å². The Hall–Kier alpha value is -0.603. The van der Waals surface area contributed by atoms with Gasteiger partial charge in [0.15, 0.2) is 0 Å². The van der Waals surface area contributed by atoms with Crippen LogP contribution < -0.4 is 0 Å². The molecule has 0 bridgehead atoms. The van der Waals surface area contributed by atoms with Crippen LogP contribution in [0.5, 0.6) is 0 Å². The maximum atomic E-state index is 5.76. The van der Waals surface area contributed by atoms with Crippen LogP contribution in [-0.4, -0.2) is 19.9 Å². The number of hydrogen-bond donors (Lipinski definition) is 0. The van der Waals surface area contributed by atoms with Crippen LogP contribution in [-0.2, 0) is 11.2 Å². The smallest absolute Gasteiger partial charge is 0.0819 e. The molecular formula is C13H20OSi. The molecule has 1 aliphatic rings. The zero-order chi connectivity index (χ0) is 10.9. The predicted octanol–water partition coefficient (Wildman–Crippen LogP) is 3.26. The highest BCUT2D eigenvalue weighted by Crippen LogP contribution is 2.34. The first-order chi connectivity index (χ1) is 7.07. The van der Waals surface area contributed by atoms with E-state index in [-0.39, 0.29) is 0 Å². The summed E-state index contributed by atoms with van der Waals surface area (Å²) in [6.07, 6.45) is 2.91. The molecule has 1 aliphatic heterocycles. The van der Waals surface area contributed by atoms with E-state index in [0.29, 0.717) is 11.8 Å². The highest BCUT2D eigenvalue weighted by atomic mass is 28.3. The van der Waals surface area contributed by atoms with Crippen LogP contribution in [0, 0.1) is 0 Å². The van der Waals surface area contributed by atoms with Gasteiger partial charge in [0, 0.05) is 0 Å². The van der Waals surface area contributed by atoms with E-state index in [4.69, 9.17) is 4.74 Å². The molecule has 2 heteroatoms. The maximum Gasteiger partial charge on any atom is 0.0819 e. The molecule has 0 unspecified atom stereocenters. The third-order valence-corrected chi connectivity index (χ3v) is 5.21. The highest BCUT2D eigenvalue weighted by molar-refractivity contribution is 6.78.